The third-order valence-corrected chi connectivity index (χ3v) is 8.00. The minimum atomic E-state index is -5.03. The number of ketones is 1. The minimum absolute atomic E-state index is 0.00669. The van der Waals surface area contributed by atoms with E-state index in [-0.39, 0.29) is 44.6 Å². The first-order valence-corrected chi connectivity index (χ1v) is 13.9. The summed E-state index contributed by atoms with van der Waals surface area (Å²) in [6.07, 6.45) is 0. The van der Waals surface area contributed by atoms with Gasteiger partial charge in [0.05, 0.1) is 5.56 Å². The zero-order valence-corrected chi connectivity index (χ0v) is 21.8. The van der Waals surface area contributed by atoms with Crippen LogP contribution in [0.1, 0.15) is 40.1 Å². The predicted molar refractivity (Wildman–Crippen MR) is 134 cm³/mol. The summed E-state index contributed by atoms with van der Waals surface area (Å²) in [6.45, 7) is 4.66. The van der Waals surface area contributed by atoms with Gasteiger partial charge in [0, 0.05) is 34.1 Å². The zero-order chi connectivity index (χ0) is 28.3. The second-order valence-corrected chi connectivity index (χ2v) is 11.7. The van der Waals surface area contributed by atoms with E-state index >= 15 is 0 Å². The Labute approximate surface area is 216 Å². The summed E-state index contributed by atoms with van der Waals surface area (Å²) >= 11 is 0. The Morgan fingerprint density at radius 3 is 2.05 bits per heavy atom. The Morgan fingerprint density at radius 1 is 0.895 bits per heavy atom. The maximum absolute atomic E-state index is 12.6. The summed E-state index contributed by atoms with van der Waals surface area (Å²) in [5.41, 5.74) is -0.712. The molecule has 0 saturated heterocycles. The van der Waals surface area contributed by atoms with E-state index in [1.807, 2.05) is 0 Å². The Morgan fingerprint density at radius 2 is 1.50 bits per heavy atom. The molecule has 13 heteroatoms. The highest BCUT2D eigenvalue weighted by Crippen LogP contribution is 2.45. The first-order chi connectivity index (χ1) is 17.5. The van der Waals surface area contributed by atoms with Crippen molar-refractivity contribution in [3.8, 4) is 22.5 Å². The number of carbonyl (C=O) groups excluding carboxylic acids is 1. The zero-order valence-electron chi connectivity index (χ0n) is 20.2. The summed E-state index contributed by atoms with van der Waals surface area (Å²) in [7, 11) is -9.97. The topological polar surface area (TPSA) is 202 Å². The molecule has 11 nitrogen and oxygen atoms in total. The number of hydrogen-bond acceptors (Lipinski definition) is 7. The van der Waals surface area contributed by atoms with E-state index in [1.54, 1.807) is 13.8 Å². The molecule has 38 heavy (non-hydrogen) atoms. The van der Waals surface area contributed by atoms with Crippen molar-refractivity contribution in [1.82, 2.24) is 0 Å². The maximum atomic E-state index is 12.6. The van der Waals surface area contributed by atoms with Gasteiger partial charge in [-0.1, -0.05) is 38.1 Å². The van der Waals surface area contributed by atoms with E-state index in [0.29, 0.717) is 0 Å². The molecule has 0 unspecified atom stereocenters. The van der Waals surface area contributed by atoms with E-state index in [1.165, 1.54) is 43.3 Å². The maximum Gasteiger partial charge on any atom is 0.336 e. The number of aromatic carboxylic acids is 1. The second kappa shape index (κ2) is 9.13. The van der Waals surface area contributed by atoms with Crippen molar-refractivity contribution in [2.24, 2.45) is 5.92 Å². The fraction of sp³-hybridized carbons (Fsp3) is 0.160. The molecule has 0 aromatic heterocycles. The number of fused-ring (bicyclic) bond motifs is 2. The van der Waals surface area contributed by atoms with Crippen molar-refractivity contribution in [2.45, 2.75) is 30.6 Å². The summed E-state index contributed by atoms with van der Waals surface area (Å²) in [6, 6.07) is 9.15. The van der Waals surface area contributed by atoms with Crippen LogP contribution in [0, 0.1) is 12.8 Å². The molecular weight excluding hydrogens is 538 g/mol. The molecule has 4 rings (SSSR count). The van der Waals surface area contributed by atoms with Gasteiger partial charge >= 0.3 is 16.1 Å². The minimum Gasteiger partial charge on any atom is -0.478 e. The molecule has 2 aromatic rings. The molecular formula is C25H22NO10S2+. The number of rotatable bonds is 6. The Bertz CT molecular complexity index is 1920. The number of aryl methyl sites for hydroxylation is 1. The van der Waals surface area contributed by atoms with Crippen molar-refractivity contribution in [3.05, 3.63) is 64.5 Å². The number of hydrogen-bond donors (Lipinski definition) is 4. The van der Waals surface area contributed by atoms with Gasteiger partial charge in [-0.05, 0) is 30.2 Å². The summed E-state index contributed by atoms with van der Waals surface area (Å²) in [5.74, 6) is -2.74. The standard InChI is InChI=1S/C25H21NO10S2/c1-11(2)20(27)13-5-7-14(17(10-13)25(28)29)19-15-6-4-12(3)23(37(30,31)32)21(15)36-22-16(19)8-9-18(26)24(22)38(33,34)35/h4-11,26H,1-3H3,(H,28,29)(H,30,31,32)(H,33,34,35)/p+1. The fourth-order valence-corrected chi connectivity index (χ4v) is 6.00. The highest BCUT2D eigenvalue weighted by molar-refractivity contribution is 7.86. The van der Waals surface area contributed by atoms with Crippen LogP contribution in [-0.2, 0) is 20.2 Å². The summed E-state index contributed by atoms with van der Waals surface area (Å²) in [5, 5.41) is 15.4. The number of benzene rings is 3. The van der Waals surface area contributed by atoms with E-state index in [4.69, 9.17) is 9.83 Å². The first-order valence-electron chi connectivity index (χ1n) is 11.0. The second-order valence-electron chi connectivity index (χ2n) is 8.96. The highest BCUT2D eigenvalue weighted by Gasteiger charge is 2.32. The Hall–Kier alpha value is -3.91. The molecule has 0 atom stereocenters. The van der Waals surface area contributed by atoms with Gasteiger partial charge in [-0.3, -0.25) is 19.3 Å². The van der Waals surface area contributed by atoms with Gasteiger partial charge in [0.1, 0.15) is 4.90 Å². The summed E-state index contributed by atoms with van der Waals surface area (Å²) in [4.78, 5) is 23.4. The lowest BCUT2D eigenvalue weighted by Gasteiger charge is -2.19. The number of carbonyl (C=O) groups is 2. The monoisotopic (exact) mass is 560 g/mol. The highest BCUT2D eigenvalue weighted by atomic mass is 32.2. The average Bonchev–Trinajstić information content (AvgIpc) is 2.79. The molecule has 0 radical (unpaired) electrons. The smallest absolute Gasteiger partial charge is 0.336 e. The van der Waals surface area contributed by atoms with Crippen molar-refractivity contribution >= 4 is 43.0 Å². The molecule has 1 heterocycles. The largest absolute Gasteiger partial charge is 0.478 e. The summed E-state index contributed by atoms with van der Waals surface area (Å²) < 4.78 is 74.8. The van der Waals surface area contributed by atoms with Crippen LogP contribution in [0.4, 0.5) is 0 Å². The van der Waals surface area contributed by atoms with E-state index in [0.717, 1.165) is 6.07 Å². The molecule has 0 bridgehead atoms. The third kappa shape index (κ3) is 4.49. The third-order valence-electron chi connectivity index (χ3n) is 6.04. The van der Waals surface area contributed by atoms with Gasteiger partial charge in [-0.15, -0.1) is 0 Å². The van der Waals surface area contributed by atoms with Gasteiger partial charge < -0.3 is 9.52 Å². The van der Waals surface area contributed by atoms with Crippen LogP contribution in [0.3, 0.4) is 0 Å². The molecule has 1 aliphatic heterocycles. The number of carboxylic acids is 1. The van der Waals surface area contributed by atoms with Gasteiger partial charge in [0.25, 0.3) is 10.1 Å². The van der Waals surface area contributed by atoms with Crippen molar-refractivity contribution in [1.29, 1.82) is 0 Å². The SMILES string of the molecule is Cc1ccc2c(-c3ccc(C(=O)C(C)C)cc3C(=O)O)c3ccc(=[NH2+])c(S(=O)(=O)O)c-3oc2c1S(=O)(=O)O. The van der Waals surface area contributed by atoms with E-state index < -0.39 is 58.6 Å². The molecule has 1 aliphatic carbocycles. The molecule has 5 N–H and O–H groups in total. The lowest BCUT2D eigenvalue weighted by atomic mass is 9.88. The van der Waals surface area contributed by atoms with Crippen LogP contribution >= 0.6 is 0 Å². The fourth-order valence-electron chi connectivity index (χ4n) is 4.39. The molecule has 0 amide bonds. The van der Waals surface area contributed by atoms with Gasteiger partial charge in [-0.25, -0.2) is 4.79 Å². The number of carboxylic acid groups (broad SMARTS) is 1. The molecule has 0 fully saturated rings. The molecule has 0 saturated carbocycles. The Kier molecular flexibility index (Phi) is 6.52. The molecule has 0 spiro atoms. The van der Waals surface area contributed by atoms with Crippen molar-refractivity contribution < 1.29 is 50.5 Å². The average molecular weight is 561 g/mol. The van der Waals surface area contributed by atoms with Gasteiger partial charge in [-0.2, -0.15) is 16.8 Å². The van der Waals surface area contributed by atoms with Gasteiger partial charge in [0.15, 0.2) is 17.1 Å². The lowest BCUT2D eigenvalue weighted by molar-refractivity contribution is -0.176. The van der Waals surface area contributed by atoms with Crippen molar-refractivity contribution in [2.75, 3.05) is 0 Å². The Balaban J connectivity index is 2.32. The van der Waals surface area contributed by atoms with Gasteiger partial charge in [0.2, 0.25) is 10.3 Å². The number of nitrogens with two attached hydrogens (primary N) is 1. The van der Waals surface area contributed by atoms with Crippen LogP contribution < -0.4 is 10.8 Å². The predicted octanol–water partition coefficient (Wildman–Crippen LogP) is 2.20. The van der Waals surface area contributed by atoms with Crippen LogP contribution in [-0.4, -0.2) is 42.8 Å². The van der Waals surface area contributed by atoms with Crippen LogP contribution in [0.15, 0.2) is 56.7 Å². The van der Waals surface area contributed by atoms with Crippen molar-refractivity contribution in [3.63, 3.8) is 0 Å². The van der Waals surface area contributed by atoms with Crippen LogP contribution in [0.2, 0.25) is 0 Å². The molecule has 2 aliphatic rings. The van der Waals surface area contributed by atoms with E-state index in [9.17, 15) is 40.6 Å². The number of Topliss-reactive ketones (excluding diaryl/α,β-unsaturated/α-hetero) is 1. The lowest BCUT2D eigenvalue weighted by Crippen LogP contribution is -2.47. The molecule has 2 aromatic carbocycles. The normalized spacial score (nSPS) is 12.4. The van der Waals surface area contributed by atoms with Crippen LogP contribution in [0.5, 0.6) is 0 Å². The van der Waals surface area contributed by atoms with Crippen LogP contribution in [0.25, 0.3) is 33.4 Å². The first kappa shape index (κ1) is 27.1. The molecule has 198 valence electrons. The quantitative estimate of drug-likeness (QED) is 0.154. The van der Waals surface area contributed by atoms with E-state index in [2.05, 4.69) is 0 Å².